The van der Waals surface area contributed by atoms with E-state index in [1.807, 2.05) is 4.90 Å². The van der Waals surface area contributed by atoms with Crippen molar-refractivity contribution in [1.29, 1.82) is 0 Å². The predicted octanol–water partition coefficient (Wildman–Crippen LogP) is 3.39. The van der Waals surface area contributed by atoms with Crippen molar-refractivity contribution >= 4 is 48.7 Å². The van der Waals surface area contributed by atoms with E-state index in [0.717, 1.165) is 44.1 Å². The molecule has 2 aromatic carbocycles. The lowest BCUT2D eigenvalue weighted by molar-refractivity contribution is -0.384. The molecule has 12 heteroatoms. The average molecular weight is 519 g/mol. The number of piperidine rings is 1. The summed E-state index contributed by atoms with van der Waals surface area (Å²) in [5.41, 5.74) is 1.23. The first-order valence-electron chi connectivity index (χ1n) is 11.1. The second-order valence-electron chi connectivity index (χ2n) is 8.36. The fourth-order valence-electron chi connectivity index (χ4n) is 4.12. The first-order valence-corrected chi connectivity index (χ1v) is 13.8. The van der Waals surface area contributed by atoms with Crippen LogP contribution in [0.5, 0.6) is 0 Å². The maximum Gasteiger partial charge on any atom is 0.293 e. The van der Waals surface area contributed by atoms with Crippen LogP contribution in [0.2, 0.25) is 0 Å². The number of carbonyl (C=O) groups is 1. The second-order valence-corrected chi connectivity index (χ2v) is 11.4. The molecule has 0 atom stereocenters. The Morgan fingerprint density at radius 1 is 1.17 bits per heavy atom. The number of benzene rings is 2. The van der Waals surface area contributed by atoms with E-state index in [1.165, 1.54) is 23.5 Å². The summed E-state index contributed by atoms with van der Waals surface area (Å²) in [5.74, 6) is -0.612. The lowest BCUT2D eigenvalue weighted by atomic mass is 10.1. The molecule has 0 saturated carbocycles. The first kappa shape index (κ1) is 25.0. The van der Waals surface area contributed by atoms with Crippen molar-refractivity contribution in [2.75, 3.05) is 38.0 Å². The zero-order valence-electron chi connectivity index (χ0n) is 19.5. The van der Waals surface area contributed by atoms with Gasteiger partial charge in [-0.05, 0) is 49.6 Å². The van der Waals surface area contributed by atoms with Crippen LogP contribution in [0.4, 0.5) is 11.4 Å². The Balaban J connectivity index is 1.77. The highest BCUT2D eigenvalue weighted by molar-refractivity contribution is 7.90. The summed E-state index contributed by atoms with van der Waals surface area (Å²) in [5, 5.41) is 11.8. The molecule has 1 amide bonds. The normalized spacial score (nSPS) is 15.0. The number of hydrogen-bond acceptors (Lipinski definition) is 8. The number of carbonyl (C=O) groups excluding carboxylic acids is 1. The number of fused-ring (bicyclic) bond motifs is 1. The van der Waals surface area contributed by atoms with Gasteiger partial charge in [-0.1, -0.05) is 11.3 Å². The van der Waals surface area contributed by atoms with Gasteiger partial charge in [0.1, 0.15) is 5.69 Å². The number of amides is 1. The van der Waals surface area contributed by atoms with Crippen molar-refractivity contribution in [3.05, 3.63) is 56.9 Å². The molecule has 4 rings (SSSR count). The summed E-state index contributed by atoms with van der Waals surface area (Å²) in [6, 6.07) is 9.22. The Bertz CT molecular complexity index is 1450. The number of hydrogen-bond donors (Lipinski definition) is 0. The van der Waals surface area contributed by atoms with Gasteiger partial charge in [-0.3, -0.25) is 14.9 Å². The van der Waals surface area contributed by atoms with Crippen LogP contribution in [0, 0.1) is 10.1 Å². The lowest BCUT2D eigenvalue weighted by Gasteiger charge is -2.28. The molecule has 1 aliphatic rings. The van der Waals surface area contributed by atoms with Gasteiger partial charge in [0, 0.05) is 44.6 Å². The van der Waals surface area contributed by atoms with Crippen LogP contribution < -0.4 is 9.70 Å². The molecular formula is C23H26N4O6S2. The Hall–Kier alpha value is -3.09. The molecular weight excluding hydrogens is 492 g/mol. The van der Waals surface area contributed by atoms with E-state index in [2.05, 4.69) is 4.99 Å². The van der Waals surface area contributed by atoms with E-state index in [1.54, 1.807) is 35.9 Å². The minimum atomic E-state index is -3.40. The molecule has 35 heavy (non-hydrogen) atoms. The van der Waals surface area contributed by atoms with Gasteiger partial charge in [0.05, 0.1) is 26.6 Å². The van der Waals surface area contributed by atoms with E-state index in [-0.39, 0.29) is 16.1 Å². The molecule has 3 aromatic rings. The summed E-state index contributed by atoms with van der Waals surface area (Å²) < 4.78 is 31.6. The molecule has 0 bridgehead atoms. The smallest absolute Gasteiger partial charge is 0.293 e. The van der Waals surface area contributed by atoms with Crippen LogP contribution in [-0.4, -0.2) is 56.9 Å². The SMILES string of the molecule is COCCn1c(=NC(=O)c2ccc(N3CCCCC3)c([N+](=O)[O-])c2)sc2cc(S(C)(=O)=O)ccc21. The molecule has 0 spiro atoms. The molecule has 1 aliphatic heterocycles. The van der Waals surface area contributed by atoms with Gasteiger partial charge in [0.2, 0.25) is 0 Å². The van der Waals surface area contributed by atoms with E-state index < -0.39 is 20.7 Å². The van der Waals surface area contributed by atoms with Crippen molar-refractivity contribution in [2.24, 2.45) is 4.99 Å². The molecule has 186 valence electrons. The third-order valence-electron chi connectivity index (χ3n) is 5.91. The summed E-state index contributed by atoms with van der Waals surface area (Å²) in [7, 11) is -1.84. The van der Waals surface area contributed by atoms with Crippen molar-refractivity contribution in [3.63, 3.8) is 0 Å². The number of thiazole rings is 1. The fourth-order valence-corrected chi connectivity index (χ4v) is 5.94. The second kappa shape index (κ2) is 10.3. The fraction of sp³-hybridized carbons (Fsp3) is 0.391. The van der Waals surface area contributed by atoms with Crippen molar-refractivity contribution < 1.29 is 22.9 Å². The van der Waals surface area contributed by atoms with E-state index in [0.29, 0.717) is 28.3 Å². The third kappa shape index (κ3) is 5.44. The maximum atomic E-state index is 13.1. The number of nitro groups is 1. The van der Waals surface area contributed by atoms with Gasteiger partial charge in [0.15, 0.2) is 14.6 Å². The highest BCUT2D eigenvalue weighted by Crippen LogP contribution is 2.31. The first-order chi connectivity index (χ1) is 16.7. The summed E-state index contributed by atoms with van der Waals surface area (Å²) in [6.45, 7) is 2.25. The van der Waals surface area contributed by atoms with Gasteiger partial charge >= 0.3 is 0 Å². The Labute approximate surface area is 206 Å². The molecule has 10 nitrogen and oxygen atoms in total. The maximum absolute atomic E-state index is 13.1. The van der Waals surface area contributed by atoms with Crippen LogP contribution in [0.1, 0.15) is 29.6 Å². The Kier molecular flexibility index (Phi) is 7.33. The third-order valence-corrected chi connectivity index (χ3v) is 8.07. The van der Waals surface area contributed by atoms with Crippen molar-refractivity contribution in [1.82, 2.24) is 4.57 Å². The lowest BCUT2D eigenvalue weighted by Crippen LogP contribution is -2.30. The predicted molar refractivity (Wildman–Crippen MR) is 134 cm³/mol. The topological polar surface area (TPSA) is 124 Å². The Morgan fingerprint density at radius 2 is 1.91 bits per heavy atom. The summed E-state index contributed by atoms with van der Waals surface area (Å²) >= 11 is 1.18. The molecule has 0 unspecified atom stereocenters. The van der Waals surface area contributed by atoms with Gasteiger partial charge in [0.25, 0.3) is 11.6 Å². The number of rotatable bonds is 7. The van der Waals surface area contributed by atoms with E-state index in [9.17, 15) is 23.3 Å². The Morgan fingerprint density at radius 3 is 2.57 bits per heavy atom. The zero-order valence-corrected chi connectivity index (χ0v) is 21.1. The van der Waals surface area contributed by atoms with Crippen LogP contribution in [-0.2, 0) is 21.1 Å². The molecule has 1 saturated heterocycles. The number of methoxy groups -OCH3 is 1. The number of aromatic nitrogens is 1. The van der Waals surface area contributed by atoms with Gasteiger partial charge in [-0.25, -0.2) is 8.42 Å². The summed E-state index contributed by atoms with van der Waals surface area (Å²) in [6.07, 6.45) is 4.18. The van der Waals surface area contributed by atoms with Gasteiger partial charge < -0.3 is 14.2 Å². The number of nitro benzene ring substituents is 1. The van der Waals surface area contributed by atoms with Crippen molar-refractivity contribution in [3.8, 4) is 0 Å². The molecule has 0 aliphatic carbocycles. The average Bonchev–Trinajstić information content (AvgIpc) is 3.18. The van der Waals surface area contributed by atoms with E-state index in [4.69, 9.17) is 4.74 Å². The highest BCUT2D eigenvalue weighted by atomic mass is 32.2. The highest BCUT2D eigenvalue weighted by Gasteiger charge is 2.23. The molecule has 0 N–H and O–H groups in total. The van der Waals surface area contributed by atoms with Gasteiger partial charge in [-0.15, -0.1) is 0 Å². The minimum Gasteiger partial charge on any atom is -0.383 e. The molecule has 2 heterocycles. The number of ether oxygens (including phenoxy) is 1. The largest absolute Gasteiger partial charge is 0.383 e. The molecule has 1 aromatic heterocycles. The van der Waals surface area contributed by atoms with Crippen molar-refractivity contribution in [2.45, 2.75) is 30.7 Å². The molecule has 0 radical (unpaired) electrons. The minimum absolute atomic E-state index is 0.116. The van der Waals surface area contributed by atoms with Crippen LogP contribution >= 0.6 is 11.3 Å². The number of sulfone groups is 1. The van der Waals surface area contributed by atoms with Gasteiger partial charge in [-0.2, -0.15) is 4.99 Å². The van der Waals surface area contributed by atoms with Crippen LogP contribution in [0.3, 0.4) is 0 Å². The number of nitrogens with zero attached hydrogens (tertiary/aromatic N) is 4. The zero-order chi connectivity index (χ0) is 25.2. The number of anilines is 1. The summed E-state index contributed by atoms with van der Waals surface area (Å²) in [4.78, 5) is 31.1. The quantitative estimate of drug-likeness (QED) is 0.347. The molecule has 1 fully saturated rings. The van der Waals surface area contributed by atoms with Crippen LogP contribution in [0.25, 0.3) is 10.2 Å². The van der Waals surface area contributed by atoms with E-state index >= 15 is 0 Å². The standard InChI is InChI=1S/C23H26N4O6S2/c1-33-13-12-26-19-9-7-17(35(2,31)32)15-21(19)34-23(26)24-22(28)16-6-8-18(20(14-16)27(29)30)25-10-4-3-5-11-25/h6-9,14-15H,3-5,10-13H2,1-2H3. The van der Waals surface area contributed by atoms with Crippen LogP contribution in [0.15, 0.2) is 46.3 Å². The monoisotopic (exact) mass is 518 g/mol.